The van der Waals surface area contributed by atoms with Crippen molar-refractivity contribution in [1.82, 2.24) is 9.80 Å². The molecule has 25 heavy (non-hydrogen) atoms. The molecule has 2 aliphatic heterocycles. The maximum Gasteiger partial charge on any atom is 0.416 e. The van der Waals surface area contributed by atoms with Gasteiger partial charge in [-0.15, -0.1) is 0 Å². The van der Waals surface area contributed by atoms with E-state index < -0.39 is 11.7 Å². The summed E-state index contributed by atoms with van der Waals surface area (Å²) in [5, 5.41) is 0. The van der Waals surface area contributed by atoms with Crippen LogP contribution in [-0.2, 0) is 22.2 Å². The largest absolute Gasteiger partial charge is 0.416 e. The monoisotopic (exact) mass is 354 g/mol. The lowest BCUT2D eigenvalue weighted by Gasteiger charge is -2.37. The fourth-order valence-corrected chi connectivity index (χ4v) is 3.72. The molecule has 1 aromatic carbocycles. The summed E-state index contributed by atoms with van der Waals surface area (Å²) in [5.41, 5.74) is -0.758. The molecule has 136 valence electrons. The third-order valence-electron chi connectivity index (χ3n) is 4.96. The Morgan fingerprint density at radius 2 is 1.92 bits per heavy atom. The minimum atomic E-state index is -4.47. The number of carbonyl (C=O) groups excluding carboxylic acids is 2. The highest BCUT2D eigenvalue weighted by molar-refractivity contribution is 5.80. The molecular formula is C18H21F3N2O2. The Labute approximate surface area is 144 Å². The van der Waals surface area contributed by atoms with Crippen molar-refractivity contribution in [1.29, 1.82) is 0 Å². The van der Waals surface area contributed by atoms with Gasteiger partial charge < -0.3 is 9.80 Å². The Bertz CT molecular complexity index is 660. The van der Waals surface area contributed by atoms with Gasteiger partial charge in [0.2, 0.25) is 11.8 Å². The molecule has 2 amide bonds. The second-order valence-corrected chi connectivity index (χ2v) is 6.66. The molecular weight excluding hydrogens is 333 g/mol. The van der Waals surface area contributed by atoms with Crippen LogP contribution in [0.5, 0.6) is 0 Å². The van der Waals surface area contributed by atoms with Crippen LogP contribution in [0.4, 0.5) is 13.2 Å². The third-order valence-corrected chi connectivity index (χ3v) is 4.96. The van der Waals surface area contributed by atoms with Crippen LogP contribution in [0.25, 0.3) is 0 Å². The SMILES string of the molecule is O=C(Cc1ccccc1C(F)(F)F)N1CCC[C@H](N2CCCC2=O)C1. The van der Waals surface area contributed by atoms with E-state index in [0.717, 1.165) is 25.3 Å². The summed E-state index contributed by atoms with van der Waals surface area (Å²) < 4.78 is 39.2. The van der Waals surface area contributed by atoms with Gasteiger partial charge in [0.1, 0.15) is 0 Å². The minimum absolute atomic E-state index is 0.000581. The normalized spacial score (nSPS) is 21.7. The van der Waals surface area contributed by atoms with E-state index in [1.54, 1.807) is 4.90 Å². The number of hydrogen-bond acceptors (Lipinski definition) is 2. The topological polar surface area (TPSA) is 40.6 Å². The average Bonchev–Trinajstić information content (AvgIpc) is 3.00. The van der Waals surface area contributed by atoms with Crippen LogP contribution in [-0.4, -0.2) is 47.3 Å². The van der Waals surface area contributed by atoms with E-state index in [-0.39, 0.29) is 29.8 Å². The first-order valence-electron chi connectivity index (χ1n) is 8.58. The van der Waals surface area contributed by atoms with E-state index in [9.17, 15) is 22.8 Å². The van der Waals surface area contributed by atoms with Crippen LogP contribution < -0.4 is 0 Å². The lowest BCUT2D eigenvalue weighted by molar-refractivity contribution is -0.140. The number of hydrogen-bond donors (Lipinski definition) is 0. The van der Waals surface area contributed by atoms with Crippen molar-refractivity contribution in [2.45, 2.75) is 44.3 Å². The highest BCUT2D eigenvalue weighted by Crippen LogP contribution is 2.32. The van der Waals surface area contributed by atoms with Gasteiger partial charge in [0, 0.05) is 32.1 Å². The molecule has 0 bridgehead atoms. The standard InChI is InChI=1S/C18H21F3N2O2/c19-18(20,21)15-7-2-1-5-13(15)11-17(25)22-9-3-6-14(12-22)23-10-4-8-16(23)24/h1-2,5,7,14H,3-4,6,8-12H2/t14-/m0/s1. The lowest BCUT2D eigenvalue weighted by Crippen LogP contribution is -2.50. The molecule has 0 aromatic heterocycles. The van der Waals surface area contributed by atoms with Crippen molar-refractivity contribution >= 4 is 11.8 Å². The van der Waals surface area contributed by atoms with Crippen LogP contribution in [0.15, 0.2) is 24.3 Å². The maximum atomic E-state index is 13.1. The summed E-state index contributed by atoms with van der Waals surface area (Å²) in [6.45, 7) is 1.66. The first-order chi connectivity index (χ1) is 11.9. The van der Waals surface area contributed by atoms with E-state index in [0.29, 0.717) is 26.1 Å². The highest BCUT2D eigenvalue weighted by Gasteiger charge is 2.35. The molecule has 1 aromatic rings. The Morgan fingerprint density at radius 3 is 2.60 bits per heavy atom. The van der Waals surface area contributed by atoms with Crippen LogP contribution in [0.2, 0.25) is 0 Å². The first kappa shape index (κ1) is 17.8. The number of piperidine rings is 1. The fraction of sp³-hybridized carbons (Fsp3) is 0.556. The van der Waals surface area contributed by atoms with E-state index in [1.165, 1.54) is 18.2 Å². The molecule has 0 radical (unpaired) electrons. The van der Waals surface area contributed by atoms with Gasteiger partial charge in [-0.25, -0.2) is 0 Å². The maximum absolute atomic E-state index is 13.1. The Kier molecular flexibility index (Phi) is 5.01. The molecule has 2 aliphatic rings. The zero-order chi connectivity index (χ0) is 18.0. The van der Waals surface area contributed by atoms with Crippen molar-refractivity contribution in [3.63, 3.8) is 0 Å². The number of nitrogens with zero attached hydrogens (tertiary/aromatic N) is 2. The number of benzene rings is 1. The van der Waals surface area contributed by atoms with Gasteiger partial charge in [0.15, 0.2) is 0 Å². The zero-order valence-corrected chi connectivity index (χ0v) is 13.9. The number of likely N-dealkylation sites (tertiary alicyclic amines) is 2. The third kappa shape index (κ3) is 3.96. The van der Waals surface area contributed by atoms with Gasteiger partial charge in [-0.1, -0.05) is 18.2 Å². The number of amides is 2. The minimum Gasteiger partial charge on any atom is -0.340 e. The zero-order valence-electron chi connectivity index (χ0n) is 13.9. The predicted octanol–water partition coefficient (Wildman–Crippen LogP) is 2.86. The van der Waals surface area contributed by atoms with Crippen LogP contribution in [0, 0.1) is 0 Å². The average molecular weight is 354 g/mol. The molecule has 2 fully saturated rings. The smallest absolute Gasteiger partial charge is 0.340 e. The van der Waals surface area contributed by atoms with Gasteiger partial charge in [-0.2, -0.15) is 13.2 Å². The van der Waals surface area contributed by atoms with E-state index >= 15 is 0 Å². The highest BCUT2D eigenvalue weighted by atomic mass is 19.4. The molecule has 1 atom stereocenters. The van der Waals surface area contributed by atoms with E-state index in [4.69, 9.17) is 0 Å². The second-order valence-electron chi connectivity index (χ2n) is 6.66. The molecule has 0 unspecified atom stereocenters. The van der Waals surface area contributed by atoms with Gasteiger partial charge in [-0.05, 0) is 30.9 Å². The number of carbonyl (C=O) groups is 2. The molecule has 0 N–H and O–H groups in total. The number of alkyl halides is 3. The van der Waals surface area contributed by atoms with Crippen molar-refractivity contribution < 1.29 is 22.8 Å². The molecule has 3 rings (SSSR count). The summed E-state index contributed by atoms with van der Waals surface area (Å²) in [7, 11) is 0. The summed E-state index contributed by atoms with van der Waals surface area (Å²) in [5.74, 6) is -0.199. The molecule has 0 spiro atoms. The molecule has 4 nitrogen and oxygen atoms in total. The fourth-order valence-electron chi connectivity index (χ4n) is 3.72. The van der Waals surface area contributed by atoms with Crippen molar-refractivity contribution in [2.75, 3.05) is 19.6 Å². The van der Waals surface area contributed by atoms with Crippen LogP contribution >= 0.6 is 0 Å². The van der Waals surface area contributed by atoms with Crippen LogP contribution in [0.3, 0.4) is 0 Å². The van der Waals surface area contributed by atoms with Gasteiger partial charge in [-0.3, -0.25) is 9.59 Å². The second kappa shape index (κ2) is 7.06. The van der Waals surface area contributed by atoms with Crippen molar-refractivity contribution in [3.05, 3.63) is 35.4 Å². The van der Waals surface area contributed by atoms with Gasteiger partial charge in [0.05, 0.1) is 12.0 Å². The van der Waals surface area contributed by atoms with Gasteiger partial charge in [0.25, 0.3) is 0 Å². The first-order valence-corrected chi connectivity index (χ1v) is 8.58. The Hall–Kier alpha value is -2.05. The van der Waals surface area contributed by atoms with E-state index in [1.807, 2.05) is 4.90 Å². The van der Waals surface area contributed by atoms with E-state index in [2.05, 4.69) is 0 Å². The van der Waals surface area contributed by atoms with Gasteiger partial charge >= 0.3 is 6.18 Å². The molecule has 0 aliphatic carbocycles. The van der Waals surface area contributed by atoms with Crippen molar-refractivity contribution in [3.8, 4) is 0 Å². The molecule has 7 heteroatoms. The number of halogens is 3. The summed E-state index contributed by atoms with van der Waals surface area (Å²) in [6.07, 6.45) is -1.75. The summed E-state index contributed by atoms with van der Waals surface area (Å²) in [4.78, 5) is 27.9. The number of rotatable bonds is 3. The Balaban J connectivity index is 1.68. The quantitative estimate of drug-likeness (QED) is 0.838. The predicted molar refractivity (Wildman–Crippen MR) is 85.7 cm³/mol. The summed E-state index contributed by atoms with van der Waals surface area (Å²) >= 11 is 0. The summed E-state index contributed by atoms with van der Waals surface area (Å²) in [6, 6.07) is 5.19. The Morgan fingerprint density at radius 1 is 1.16 bits per heavy atom. The van der Waals surface area contributed by atoms with Crippen molar-refractivity contribution in [2.24, 2.45) is 0 Å². The molecule has 0 saturated carbocycles. The molecule has 2 saturated heterocycles. The lowest BCUT2D eigenvalue weighted by atomic mass is 10.0. The molecule has 2 heterocycles. The van der Waals surface area contributed by atoms with Crippen LogP contribution in [0.1, 0.15) is 36.8 Å².